The lowest BCUT2D eigenvalue weighted by Gasteiger charge is -2.31. The summed E-state index contributed by atoms with van der Waals surface area (Å²) in [5, 5.41) is 3.19. The second kappa shape index (κ2) is 8.58. The molecule has 0 unspecified atom stereocenters. The van der Waals surface area contributed by atoms with E-state index in [2.05, 4.69) is 21.5 Å². The van der Waals surface area contributed by atoms with Crippen molar-refractivity contribution in [2.24, 2.45) is 5.92 Å². The Balaban J connectivity index is 1.68. The van der Waals surface area contributed by atoms with Crippen LogP contribution in [0.25, 0.3) is 11.0 Å². The van der Waals surface area contributed by atoms with Gasteiger partial charge in [0, 0.05) is 25.9 Å². The molecule has 1 aromatic heterocycles. The maximum atomic E-state index is 12.8. The van der Waals surface area contributed by atoms with Crippen LogP contribution in [0.15, 0.2) is 24.3 Å². The molecular weight excluding hydrogens is 348 g/mol. The number of carbonyl (C=O) groups is 2. The Morgan fingerprint density at radius 2 is 2.08 bits per heavy atom. The van der Waals surface area contributed by atoms with E-state index < -0.39 is 0 Å². The molecular formula is C19H26N4O2S. The van der Waals surface area contributed by atoms with Gasteiger partial charge in [-0.2, -0.15) is 11.8 Å². The Hall–Kier alpha value is -2.02. The molecule has 1 aliphatic rings. The predicted octanol–water partition coefficient (Wildman–Crippen LogP) is 2.73. The normalized spacial score (nSPS) is 16.6. The van der Waals surface area contributed by atoms with Crippen LogP contribution in [-0.4, -0.2) is 51.8 Å². The number of hydrogen-bond donors (Lipinski definition) is 2. The Morgan fingerprint density at radius 3 is 2.73 bits per heavy atom. The molecule has 6 nitrogen and oxygen atoms in total. The molecule has 7 heteroatoms. The van der Waals surface area contributed by atoms with Gasteiger partial charge in [0.15, 0.2) is 0 Å². The number of H-pyrrole nitrogens is 1. The van der Waals surface area contributed by atoms with Gasteiger partial charge < -0.3 is 15.2 Å². The van der Waals surface area contributed by atoms with Crippen LogP contribution in [0.2, 0.25) is 0 Å². The van der Waals surface area contributed by atoms with E-state index in [1.54, 1.807) is 18.7 Å². The monoisotopic (exact) mass is 374 g/mol. The lowest BCUT2D eigenvalue weighted by molar-refractivity contribution is -0.134. The third kappa shape index (κ3) is 4.38. The average molecular weight is 375 g/mol. The number of thioether (sulfide) groups is 1. The van der Waals surface area contributed by atoms with Gasteiger partial charge in [0.2, 0.25) is 11.8 Å². The fraction of sp³-hybridized carbons (Fsp3) is 0.526. The number of imidazole rings is 1. The Kier molecular flexibility index (Phi) is 6.19. The van der Waals surface area contributed by atoms with E-state index in [9.17, 15) is 9.59 Å². The van der Waals surface area contributed by atoms with Crippen LogP contribution in [0.4, 0.5) is 0 Å². The minimum absolute atomic E-state index is 0.0354. The SMILES string of the molecule is CSCC[C@H](NC(=O)C1CCN(C(C)=O)CC1)c1nc2ccccc2[nH]1. The van der Waals surface area contributed by atoms with Crippen LogP contribution in [-0.2, 0) is 9.59 Å². The number of aromatic amines is 1. The fourth-order valence-electron chi connectivity index (χ4n) is 3.40. The summed E-state index contributed by atoms with van der Waals surface area (Å²) in [5.41, 5.74) is 1.90. The van der Waals surface area contributed by atoms with Crippen molar-refractivity contribution >= 4 is 34.6 Å². The molecule has 140 valence electrons. The zero-order valence-electron chi connectivity index (χ0n) is 15.3. The number of nitrogens with zero attached hydrogens (tertiary/aromatic N) is 2. The van der Waals surface area contributed by atoms with Crippen LogP contribution < -0.4 is 5.32 Å². The number of nitrogens with one attached hydrogen (secondary N) is 2. The average Bonchev–Trinajstić information content (AvgIpc) is 3.09. The molecule has 0 bridgehead atoms. The first-order chi connectivity index (χ1) is 12.6. The maximum Gasteiger partial charge on any atom is 0.223 e. The molecule has 3 rings (SSSR count). The molecule has 0 saturated carbocycles. The van der Waals surface area contributed by atoms with Crippen molar-refractivity contribution in [3.05, 3.63) is 30.1 Å². The van der Waals surface area contributed by atoms with Gasteiger partial charge in [-0.15, -0.1) is 0 Å². The zero-order chi connectivity index (χ0) is 18.5. The third-order valence-corrected chi connectivity index (χ3v) is 5.62. The van der Waals surface area contributed by atoms with Crippen LogP contribution >= 0.6 is 11.8 Å². The van der Waals surface area contributed by atoms with Crippen molar-refractivity contribution in [2.75, 3.05) is 25.1 Å². The Bertz CT molecular complexity index is 735. The molecule has 1 aromatic carbocycles. The number of benzene rings is 1. The van der Waals surface area contributed by atoms with E-state index >= 15 is 0 Å². The van der Waals surface area contributed by atoms with Crippen LogP contribution in [0.5, 0.6) is 0 Å². The number of para-hydroxylation sites is 2. The molecule has 0 spiro atoms. The van der Waals surface area contributed by atoms with E-state index in [1.807, 2.05) is 29.2 Å². The minimum Gasteiger partial charge on any atom is -0.346 e. The minimum atomic E-state index is -0.117. The lowest BCUT2D eigenvalue weighted by Crippen LogP contribution is -2.43. The number of aromatic nitrogens is 2. The first-order valence-corrected chi connectivity index (χ1v) is 10.5. The fourth-order valence-corrected chi connectivity index (χ4v) is 3.87. The number of amides is 2. The van der Waals surface area contributed by atoms with E-state index in [4.69, 9.17) is 0 Å². The first-order valence-electron chi connectivity index (χ1n) is 9.08. The summed E-state index contributed by atoms with van der Waals surface area (Å²) in [6, 6.07) is 7.79. The topological polar surface area (TPSA) is 78.1 Å². The van der Waals surface area contributed by atoms with Gasteiger partial charge in [0.25, 0.3) is 0 Å². The van der Waals surface area contributed by atoms with Crippen LogP contribution in [0, 0.1) is 5.92 Å². The molecule has 0 aliphatic carbocycles. The first kappa shape index (κ1) is 18.8. The second-order valence-electron chi connectivity index (χ2n) is 6.76. The zero-order valence-corrected chi connectivity index (χ0v) is 16.1. The third-order valence-electron chi connectivity index (χ3n) is 4.98. The van der Waals surface area contributed by atoms with Gasteiger partial charge in [-0.3, -0.25) is 9.59 Å². The summed E-state index contributed by atoms with van der Waals surface area (Å²) in [5.74, 6) is 1.88. The van der Waals surface area contributed by atoms with Crippen molar-refractivity contribution in [1.82, 2.24) is 20.2 Å². The molecule has 2 heterocycles. The summed E-state index contributed by atoms with van der Waals surface area (Å²) in [6.07, 6.45) is 4.34. The van der Waals surface area contributed by atoms with E-state index in [1.165, 1.54) is 0 Å². The van der Waals surface area contributed by atoms with Crippen molar-refractivity contribution in [3.63, 3.8) is 0 Å². The van der Waals surface area contributed by atoms with Gasteiger partial charge in [-0.25, -0.2) is 4.98 Å². The molecule has 26 heavy (non-hydrogen) atoms. The molecule has 1 saturated heterocycles. The van der Waals surface area contributed by atoms with Gasteiger partial charge in [0.05, 0.1) is 17.1 Å². The van der Waals surface area contributed by atoms with Crippen LogP contribution in [0.3, 0.4) is 0 Å². The highest BCUT2D eigenvalue weighted by atomic mass is 32.2. The lowest BCUT2D eigenvalue weighted by atomic mass is 9.95. The predicted molar refractivity (Wildman–Crippen MR) is 105 cm³/mol. The van der Waals surface area contributed by atoms with E-state index in [0.717, 1.165) is 41.9 Å². The maximum absolute atomic E-state index is 12.8. The Labute approximate surface area is 158 Å². The highest BCUT2D eigenvalue weighted by molar-refractivity contribution is 7.98. The summed E-state index contributed by atoms with van der Waals surface area (Å²) in [4.78, 5) is 34.1. The van der Waals surface area contributed by atoms with E-state index in [-0.39, 0.29) is 23.8 Å². The number of carbonyl (C=O) groups excluding carboxylic acids is 2. The highest BCUT2D eigenvalue weighted by Crippen LogP contribution is 2.23. The number of rotatable bonds is 6. The second-order valence-corrected chi connectivity index (χ2v) is 7.75. The van der Waals surface area contributed by atoms with Gasteiger partial charge >= 0.3 is 0 Å². The van der Waals surface area contributed by atoms with Crippen LogP contribution in [0.1, 0.15) is 38.1 Å². The standard InChI is InChI=1S/C19H26N4O2S/c1-13(24)23-10-7-14(8-11-23)19(25)22-17(9-12-26-2)18-20-15-5-3-4-6-16(15)21-18/h3-6,14,17H,7-12H2,1-2H3,(H,20,21)(H,22,25)/t17-/m0/s1. The highest BCUT2D eigenvalue weighted by Gasteiger charge is 2.28. The molecule has 1 atom stereocenters. The van der Waals surface area contributed by atoms with Crippen molar-refractivity contribution in [3.8, 4) is 0 Å². The number of likely N-dealkylation sites (tertiary alicyclic amines) is 1. The van der Waals surface area contributed by atoms with Crippen molar-refractivity contribution in [1.29, 1.82) is 0 Å². The van der Waals surface area contributed by atoms with E-state index in [0.29, 0.717) is 13.1 Å². The molecule has 1 aliphatic heterocycles. The van der Waals surface area contributed by atoms with Gasteiger partial charge in [-0.05, 0) is 43.4 Å². The molecule has 0 radical (unpaired) electrons. The van der Waals surface area contributed by atoms with Gasteiger partial charge in [0.1, 0.15) is 5.82 Å². The molecule has 2 aromatic rings. The Morgan fingerprint density at radius 1 is 1.35 bits per heavy atom. The molecule has 2 N–H and O–H groups in total. The quantitative estimate of drug-likeness (QED) is 0.815. The number of fused-ring (bicyclic) bond motifs is 1. The molecule has 1 fully saturated rings. The smallest absolute Gasteiger partial charge is 0.223 e. The van der Waals surface area contributed by atoms with Crippen molar-refractivity contribution < 1.29 is 9.59 Å². The molecule has 2 amide bonds. The van der Waals surface area contributed by atoms with Crippen molar-refractivity contribution in [2.45, 2.75) is 32.2 Å². The van der Waals surface area contributed by atoms with Gasteiger partial charge in [-0.1, -0.05) is 12.1 Å². The summed E-state index contributed by atoms with van der Waals surface area (Å²) < 4.78 is 0. The summed E-state index contributed by atoms with van der Waals surface area (Å²) in [7, 11) is 0. The summed E-state index contributed by atoms with van der Waals surface area (Å²) >= 11 is 1.76. The summed E-state index contributed by atoms with van der Waals surface area (Å²) in [6.45, 7) is 2.90. The number of hydrogen-bond acceptors (Lipinski definition) is 4. The number of piperidine rings is 1. The largest absolute Gasteiger partial charge is 0.346 e.